The quantitative estimate of drug-likeness (QED) is 0.743. The van der Waals surface area contributed by atoms with Crippen molar-refractivity contribution < 1.29 is 5.11 Å². The molecule has 1 atom stereocenters. The lowest BCUT2D eigenvalue weighted by Gasteiger charge is -2.09. The van der Waals surface area contributed by atoms with Crippen molar-refractivity contribution in [2.45, 2.75) is 31.6 Å². The molecule has 0 saturated carbocycles. The zero-order valence-corrected chi connectivity index (χ0v) is 9.30. The van der Waals surface area contributed by atoms with Crippen LogP contribution in [0.2, 0.25) is 0 Å². The second-order valence-electron chi connectivity index (χ2n) is 3.43. The van der Waals surface area contributed by atoms with Gasteiger partial charge in [0.1, 0.15) is 0 Å². The highest BCUT2D eigenvalue weighted by Gasteiger charge is 2.06. The second kappa shape index (κ2) is 6.05. The van der Waals surface area contributed by atoms with Crippen LogP contribution in [-0.2, 0) is 6.42 Å². The molecule has 0 fully saturated rings. The van der Waals surface area contributed by atoms with Crippen LogP contribution in [0.25, 0.3) is 0 Å². The summed E-state index contributed by atoms with van der Waals surface area (Å²) in [6.07, 6.45) is 2.66. The van der Waals surface area contributed by atoms with Crippen molar-refractivity contribution >= 4 is 11.6 Å². The summed E-state index contributed by atoms with van der Waals surface area (Å²) in [5.41, 5.74) is 2.48. The SMILES string of the molecule is CCc1ccc(C(Cl)CCCO)cc1. The van der Waals surface area contributed by atoms with E-state index in [0.29, 0.717) is 0 Å². The molecule has 1 aromatic rings. The van der Waals surface area contributed by atoms with Crippen molar-refractivity contribution in [3.8, 4) is 0 Å². The van der Waals surface area contributed by atoms with Gasteiger partial charge >= 0.3 is 0 Å². The first-order valence-corrected chi connectivity index (χ1v) is 5.55. The van der Waals surface area contributed by atoms with E-state index in [1.165, 1.54) is 5.56 Å². The third-order valence-electron chi connectivity index (χ3n) is 2.37. The van der Waals surface area contributed by atoms with Crippen molar-refractivity contribution in [1.82, 2.24) is 0 Å². The van der Waals surface area contributed by atoms with Gasteiger partial charge < -0.3 is 5.11 Å². The number of aliphatic hydroxyl groups is 1. The number of alkyl halides is 1. The number of aryl methyl sites for hydroxylation is 1. The predicted octanol–water partition coefficient (Wildman–Crippen LogP) is 3.30. The van der Waals surface area contributed by atoms with Gasteiger partial charge in [-0.2, -0.15) is 0 Å². The Hall–Kier alpha value is -0.530. The van der Waals surface area contributed by atoms with E-state index in [4.69, 9.17) is 16.7 Å². The zero-order valence-electron chi connectivity index (χ0n) is 8.54. The Bertz CT molecular complexity index is 256. The van der Waals surface area contributed by atoms with Gasteiger partial charge in [0.05, 0.1) is 5.38 Å². The number of halogens is 1. The van der Waals surface area contributed by atoms with Crippen LogP contribution in [-0.4, -0.2) is 11.7 Å². The highest BCUT2D eigenvalue weighted by Crippen LogP contribution is 2.25. The molecule has 1 unspecified atom stereocenters. The molecule has 2 heteroatoms. The third kappa shape index (κ3) is 3.32. The first-order valence-electron chi connectivity index (χ1n) is 5.11. The van der Waals surface area contributed by atoms with Crippen molar-refractivity contribution in [1.29, 1.82) is 0 Å². The Morgan fingerprint density at radius 1 is 1.29 bits per heavy atom. The number of benzene rings is 1. The summed E-state index contributed by atoms with van der Waals surface area (Å²) >= 11 is 6.17. The molecule has 0 heterocycles. The van der Waals surface area contributed by atoms with Crippen molar-refractivity contribution in [3.63, 3.8) is 0 Å². The van der Waals surface area contributed by atoms with Gasteiger partial charge in [-0.15, -0.1) is 11.6 Å². The molecule has 0 bridgehead atoms. The minimum Gasteiger partial charge on any atom is -0.396 e. The molecular formula is C12H17ClO. The van der Waals surface area contributed by atoms with Crippen LogP contribution < -0.4 is 0 Å². The molecule has 0 amide bonds. The Kier molecular flexibility index (Phi) is 4.99. The summed E-state index contributed by atoms with van der Waals surface area (Å²) in [7, 11) is 0. The fraction of sp³-hybridized carbons (Fsp3) is 0.500. The van der Waals surface area contributed by atoms with E-state index < -0.39 is 0 Å². The van der Waals surface area contributed by atoms with E-state index in [1.54, 1.807) is 0 Å². The monoisotopic (exact) mass is 212 g/mol. The first-order chi connectivity index (χ1) is 6.77. The average molecular weight is 213 g/mol. The minimum absolute atomic E-state index is 0.0352. The number of hydrogen-bond acceptors (Lipinski definition) is 1. The average Bonchev–Trinajstić information content (AvgIpc) is 2.26. The summed E-state index contributed by atoms with van der Waals surface area (Å²) in [5, 5.41) is 8.72. The van der Waals surface area contributed by atoms with E-state index in [1.807, 2.05) is 0 Å². The first kappa shape index (κ1) is 11.5. The smallest absolute Gasteiger partial charge is 0.0586 e. The van der Waals surface area contributed by atoms with Gasteiger partial charge in [-0.25, -0.2) is 0 Å². The molecule has 1 rings (SSSR count). The lowest BCUT2D eigenvalue weighted by atomic mass is 10.0. The van der Waals surface area contributed by atoms with Gasteiger partial charge in [0.15, 0.2) is 0 Å². The Labute approximate surface area is 90.7 Å². The van der Waals surface area contributed by atoms with Gasteiger partial charge in [0.2, 0.25) is 0 Å². The molecule has 78 valence electrons. The Morgan fingerprint density at radius 3 is 2.43 bits per heavy atom. The molecule has 14 heavy (non-hydrogen) atoms. The van der Waals surface area contributed by atoms with Gasteiger partial charge in [-0.05, 0) is 30.4 Å². The van der Waals surface area contributed by atoms with Crippen molar-refractivity contribution in [3.05, 3.63) is 35.4 Å². The van der Waals surface area contributed by atoms with E-state index in [9.17, 15) is 0 Å². The molecule has 0 radical (unpaired) electrons. The summed E-state index contributed by atoms with van der Waals surface area (Å²) < 4.78 is 0. The lowest BCUT2D eigenvalue weighted by molar-refractivity contribution is 0.284. The molecule has 0 aliphatic rings. The summed E-state index contributed by atoms with van der Waals surface area (Å²) in [6.45, 7) is 2.36. The van der Waals surface area contributed by atoms with Crippen molar-refractivity contribution in [2.75, 3.05) is 6.61 Å². The standard InChI is InChI=1S/C12H17ClO/c1-2-10-5-7-11(8-6-10)12(13)4-3-9-14/h5-8,12,14H,2-4,9H2,1H3. The molecule has 0 spiro atoms. The van der Waals surface area contributed by atoms with E-state index in [0.717, 1.165) is 24.8 Å². The molecular weight excluding hydrogens is 196 g/mol. The van der Waals surface area contributed by atoms with Gasteiger partial charge in [-0.1, -0.05) is 31.2 Å². The van der Waals surface area contributed by atoms with Crippen LogP contribution in [0.4, 0.5) is 0 Å². The number of hydrogen-bond donors (Lipinski definition) is 1. The molecule has 1 nitrogen and oxygen atoms in total. The Morgan fingerprint density at radius 2 is 1.93 bits per heavy atom. The Balaban J connectivity index is 2.57. The maximum Gasteiger partial charge on any atom is 0.0586 e. The van der Waals surface area contributed by atoms with Crippen LogP contribution in [0.3, 0.4) is 0 Å². The fourth-order valence-corrected chi connectivity index (χ4v) is 1.70. The predicted molar refractivity (Wildman–Crippen MR) is 60.7 cm³/mol. The summed E-state index contributed by atoms with van der Waals surface area (Å²) in [6, 6.07) is 8.38. The molecule has 0 saturated heterocycles. The summed E-state index contributed by atoms with van der Waals surface area (Å²) in [4.78, 5) is 0. The summed E-state index contributed by atoms with van der Waals surface area (Å²) in [5.74, 6) is 0. The molecule has 0 aliphatic carbocycles. The highest BCUT2D eigenvalue weighted by atomic mass is 35.5. The topological polar surface area (TPSA) is 20.2 Å². The van der Waals surface area contributed by atoms with Crippen LogP contribution in [0.1, 0.15) is 36.3 Å². The lowest BCUT2D eigenvalue weighted by Crippen LogP contribution is -1.93. The normalized spacial score (nSPS) is 12.8. The van der Waals surface area contributed by atoms with E-state index in [-0.39, 0.29) is 12.0 Å². The van der Waals surface area contributed by atoms with Gasteiger partial charge in [-0.3, -0.25) is 0 Å². The number of rotatable bonds is 5. The fourth-order valence-electron chi connectivity index (χ4n) is 1.40. The van der Waals surface area contributed by atoms with E-state index in [2.05, 4.69) is 31.2 Å². The maximum absolute atomic E-state index is 8.69. The zero-order chi connectivity index (χ0) is 10.4. The van der Waals surface area contributed by atoms with Crippen LogP contribution in [0.5, 0.6) is 0 Å². The second-order valence-corrected chi connectivity index (χ2v) is 3.96. The van der Waals surface area contributed by atoms with Gasteiger partial charge in [0, 0.05) is 6.61 Å². The molecule has 0 aliphatic heterocycles. The minimum atomic E-state index is 0.0352. The molecule has 1 N–H and O–H groups in total. The highest BCUT2D eigenvalue weighted by molar-refractivity contribution is 6.20. The van der Waals surface area contributed by atoms with Gasteiger partial charge in [0.25, 0.3) is 0 Å². The third-order valence-corrected chi connectivity index (χ3v) is 2.84. The van der Waals surface area contributed by atoms with Crippen LogP contribution >= 0.6 is 11.6 Å². The maximum atomic E-state index is 8.69. The van der Waals surface area contributed by atoms with Crippen LogP contribution in [0, 0.1) is 0 Å². The van der Waals surface area contributed by atoms with Crippen molar-refractivity contribution in [2.24, 2.45) is 0 Å². The number of aliphatic hydroxyl groups excluding tert-OH is 1. The molecule has 0 aromatic heterocycles. The van der Waals surface area contributed by atoms with E-state index >= 15 is 0 Å². The largest absolute Gasteiger partial charge is 0.396 e. The van der Waals surface area contributed by atoms with Crippen LogP contribution in [0.15, 0.2) is 24.3 Å². The molecule has 1 aromatic carbocycles.